The van der Waals surface area contributed by atoms with Crippen LogP contribution >= 0.6 is 11.6 Å². The molecule has 0 unspecified atom stereocenters. The van der Waals surface area contributed by atoms with Crippen LogP contribution in [0.15, 0.2) is 42.5 Å². The van der Waals surface area contributed by atoms with Gasteiger partial charge in [0.05, 0.1) is 11.2 Å². The summed E-state index contributed by atoms with van der Waals surface area (Å²) in [6, 6.07) is 14.2. The van der Waals surface area contributed by atoms with Crippen LogP contribution in [-0.2, 0) is 13.0 Å². The van der Waals surface area contributed by atoms with Gasteiger partial charge in [-0.3, -0.25) is 0 Å². The second-order valence-corrected chi connectivity index (χ2v) is 5.99. The van der Waals surface area contributed by atoms with Crippen LogP contribution < -0.4 is 11.1 Å². The van der Waals surface area contributed by atoms with Gasteiger partial charge in [-0.2, -0.15) is 0 Å². The molecule has 3 aromatic rings. The van der Waals surface area contributed by atoms with Crippen molar-refractivity contribution in [2.45, 2.75) is 13.0 Å². The van der Waals surface area contributed by atoms with Crippen LogP contribution in [-0.4, -0.2) is 11.5 Å². The van der Waals surface area contributed by atoms with Crippen molar-refractivity contribution in [3.05, 3.63) is 58.6 Å². The van der Waals surface area contributed by atoms with E-state index in [2.05, 4.69) is 29.6 Å². The summed E-state index contributed by atoms with van der Waals surface area (Å²) in [5.74, 6) is 0. The molecule has 2 aromatic carbocycles. The van der Waals surface area contributed by atoms with Crippen molar-refractivity contribution in [1.29, 1.82) is 0 Å². The van der Waals surface area contributed by atoms with E-state index in [1.54, 1.807) is 0 Å². The molecule has 0 saturated carbocycles. The summed E-state index contributed by atoms with van der Waals surface area (Å²) in [5.41, 5.74) is 12.4. The number of pyridine rings is 1. The molecule has 0 amide bonds. The molecule has 1 aliphatic heterocycles. The molecule has 0 saturated heterocycles. The normalized spacial score (nSPS) is 13.2. The molecule has 0 atom stereocenters. The molecule has 3 nitrogen and oxygen atoms in total. The van der Waals surface area contributed by atoms with Gasteiger partial charge in [0.15, 0.2) is 0 Å². The Kier molecular flexibility index (Phi) is 3.25. The molecule has 0 bridgehead atoms. The van der Waals surface area contributed by atoms with Crippen LogP contribution in [0.2, 0.25) is 5.02 Å². The van der Waals surface area contributed by atoms with Crippen molar-refractivity contribution < 1.29 is 0 Å². The highest BCUT2D eigenvalue weighted by Gasteiger charge is 2.20. The van der Waals surface area contributed by atoms with Crippen LogP contribution in [0.25, 0.3) is 22.2 Å². The number of hydrogen-bond acceptors (Lipinski definition) is 3. The Morgan fingerprint density at radius 1 is 1.14 bits per heavy atom. The molecule has 0 aliphatic carbocycles. The van der Waals surface area contributed by atoms with E-state index in [1.807, 2.05) is 18.2 Å². The quantitative estimate of drug-likeness (QED) is 0.753. The van der Waals surface area contributed by atoms with E-state index < -0.39 is 0 Å². The Morgan fingerprint density at radius 2 is 1.95 bits per heavy atom. The lowest BCUT2D eigenvalue weighted by Crippen LogP contribution is -1.97. The van der Waals surface area contributed by atoms with Gasteiger partial charge in [-0.1, -0.05) is 35.9 Å². The lowest BCUT2D eigenvalue weighted by atomic mass is 10.00. The molecule has 4 rings (SSSR count). The molecule has 1 aromatic heterocycles. The molecule has 4 heteroatoms. The molecule has 22 heavy (non-hydrogen) atoms. The topological polar surface area (TPSA) is 50.9 Å². The van der Waals surface area contributed by atoms with Crippen molar-refractivity contribution in [2.24, 2.45) is 5.73 Å². The molecule has 0 radical (unpaired) electrons. The fourth-order valence-electron chi connectivity index (χ4n) is 3.07. The van der Waals surface area contributed by atoms with Crippen LogP contribution in [0.5, 0.6) is 0 Å². The number of rotatable bonds is 2. The van der Waals surface area contributed by atoms with Gasteiger partial charge in [-0.25, -0.2) is 4.98 Å². The number of aromatic nitrogens is 1. The molecule has 0 spiro atoms. The summed E-state index contributed by atoms with van der Waals surface area (Å²) in [7, 11) is 0. The predicted octanol–water partition coefficient (Wildman–Crippen LogP) is 3.98. The monoisotopic (exact) mass is 309 g/mol. The van der Waals surface area contributed by atoms with Crippen LogP contribution in [0, 0.1) is 0 Å². The van der Waals surface area contributed by atoms with Crippen LogP contribution in [0.3, 0.4) is 0 Å². The van der Waals surface area contributed by atoms with E-state index in [4.69, 9.17) is 22.3 Å². The number of halogens is 1. The maximum Gasteiger partial charge on any atom is 0.0762 e. The van der Waals surface area contributed by atoms with Crippen molar-refractivity contribution in [1.82, 2.24) is 4.98 Å². The van der Waals surface area contributed by atoms with Crippen LogP contribution in [0.1, 0.15) is 11.1 Å². The van der Waals surface area contributed by atoms with Crippen molar-refractivity contribution in [3.8, 4) is 11.3 Å². The third-order valence-corrected chi connectivity index (χ3v) is 4.42. The minimum absolute atomic E-state index is 0.559. The summed E-state index contributed by atoms with van der Waals surface area (Å²) in [6.45, 7) is 1.50. The summed E-state index contributed by atoms with van der Waals surface area (Å²) < 4.78 is 0. The highest BCUT2D eigenvalue weighted by Crippen LogP contribution is 2.38. The van der Waals surface area contributed by atoms with Gasteiger partial charge in [0, 0.05) is 40.3 Å². The number of nitrogens with zero attached hydrogens (tertiary/aromatic N) is 1. The zero-order valence-electron chi connectivity index (χ0n) is 12.1. The maximum atomic E-state index is 6.14. The van der Waals surface area contributed by atoms with Crippen LogP contribution in [0.4, 0.5) is 5.69 Å². The van der Waals surface area contributed by atoms with E-state index >= 15 is 0 Å². The van der Waals surface area contributed by atoms with Crippen molar-refractivity contribution >= 4 is 28.2 Å². The molecule has 3 N–H and O–H groups in total. The van der Waals surface area contributed by atoms with Gasteiger partial charge >= 0.3 is 0 Å². The van der Waals surface area contributed by atoms with Gasteiger partial charge in [0.2, 0.25) is 0 Å². The first kappa shape index (κ1) is 13.6. The Labute approximate surface area is 134 Å². The first-order valence-corrected chi connectivity index (χ1v) is 7.79. The number of hydrogen-bond donors (Lipinski definition) is 2. The van der Waals surface area contributed by atoms with E-state index in [0.717, 1.165) is 45.7 Å². The largest absolute Gasteiger partial charge is 0.384 e. The first-order valence-electron chi connectivity index (χ1n) is 7.41. The van der Waals surface area contributed by atoms with Crippen molar-refractivity contribution in [3.63, 3.8) is 0 Å². The Hall–Kier alpha value is -2.10. The minimum Gasteiger partial charge on any atom is -0.384 e. The Morgan fingerprint density at radius 3 is 2.73 bits per heavy atom. The van der Waals surface area contributed by atoms with Crippen molar-refractivity contribution in [2.75, 3.05) is 11.9 Å². The number of nitrogens with one attached hydrogen (secondary N) is 1. The lowest BCUT2D eigenvalue weighted by Gasteiger charge is -2.12. The van der Waals surface area contributed by atoms with Gasteiger partial charge in [-0.05, 0) is 30.2 Å². The third kappa shape index (κ3) is 2.14. The molecule has 110 valence electrons. The van der Waals surface area contributed by atoms with Gasteiger partial charge < -0.3 is 11.1 Å². The minimum atomic E-state index is 0.559. The molecule has 0 fully saturated rings. The van der Waals surface area contributed by atoms with Gasteiger partial charge in [0.1, 0.15) is 0 Å². The third-order valence-electron chi connectivity index (χ3n) is 4.19. The molecular weight excluding hydrogens is 294 g/mol. The molecule has 1 aliphatic rings. The number of anilines is 1. The summed E-state index contributed by atoms with van der Waals surface area (Å²) in [4.78, 5) is 4.88. The molecule has 2 heterocycles. The number of fused-ring (bicyclic) bond motifs is 3. The standard InChI is InChI=1S/C18H16ClN3/c19-13-5-6-16-15(9-13)18-14(7-8-21-18)17(22-16)12-3-1-11(10-20)2-4-12/h1-6,9,21H,7-8,10,20H2. The maximum absolute atomic E-state index is 6.14. The summed E-state index contributed by atoms with van der Waals surface area (Å²) in [5, 5.41) is 5.32. The second-order valence-electron chi connectivity index (χ2n) is 5.55. The highest BCUT2D eigenvalue weighted by atomic mass is 35.5. The highest BCUT2D eigenvalue weighted by molar-refractivity contribution is 6.31. The van der Waals surface area contributed by atoms with E-state index in [0.29, 0.717) is 6.54 Å². The second kappa shape index (κ2) is 5.27. The smallest absolute Gasteiger partial charge is 0.0762 e. The van der Waals surface area contributed by atoms with E-state index in [1.165, 1.54) is 11.3 Å². The van der Waals surface area contributed by atoms with E-state index in [-0.39, 0.29) is 0 Å². The molecular formula is C18H16ClN3. The first-order chi connectivity index (χ1) is 10.8. The predicted molar refractivity (Wildman–Crippen MR) is 92.3 cm³/mol. The Balaban J connectivity index is 1.96. The average Bonchev–Trinajstić information content (AvgIpc) is 3.04. The van der Waals surface area contributed by atoms with Gasteiger partial charge in [0.25, 0.3) is 0 Å². The summed E-state index contributed by atoms with van der Waals surface area (Å²) >= 11 is 6.14. The number of benzene rings is 2. The fraction of sp³-hybridized carbons (Fsp3) is 0.167. The zero-order chi connectivity index (χ0) is 15.1. The van der Waals surface area contributed by atoms with Gasteiger partial charge in [-0.15, -0.1) is 0 Å². The SMILES string of the molecule is NCc1ccc(-c2nc3ccc(Cl)cc3c3c2CCN3)cc1. The van der Waals surface area contributed by atoms with E-state index in [9.17, 15) is 0 Å². The Bertz CT molecular complexity index is 856. The average molecular weight is 310 g/mol. The number of nitrogens with two attached hydrogens (primary N) is 1. The zero-order valence-corrected chi connectivity index (χ0v) is 12.8. The lowest BCUT2D eigenvalue weighted by molar-refractivity contribution is 1.07. The summed E-state index contributed by atoms with van der Waals surface area (Å²) in [6.07, 6.45) is 0.985. The fourth-order valence-corrected chi connectivity index (χ4v) is 3.24.